The quantitative estimate of drug-likeness (QED) is 0.276. The van der Waals surface area contributed by atoms with Crippen molar-refractivity contribution in [2.75, 3.05) is 73.0 Å². The topological polar surface area (TPSA) is 73.5 Å². The minimum absolute atomic E-state index is 0.0844. The second-order valence-electron chi connectivity index (χ2n) is 7.15. The first-order valence-corrected chi connectivity index (χ1v) is 8.76. The first kappa shape index (κ1) is 20.6. The van der Waals surface area contributed by atoms with Gasteiger partial charge in [0.2, 0.25) is 5.91 Å². The largest absolute Gasteiger partial charge is 0.352 e. The van der Waals surface area contributed by atoms with Crippen LogP contribution in [-0.2, 0) is 9.59 Å². The van der Waals surface area contributed by atoms with Crippen molar-refractivity contribution in [3.05, 3.63) is 12.2 Å². The van der Waals surface area contributed by atoms with Crippen LogP contribution in [0.15, 0.2) is 12.2 Å². The maximum Gasteiger partial charge on any atom is 0.275 e. The van der Waals surface area contributed by atoms with Crippen LogP contribution in [0, 0.1) is 0 Å². The third kappa shape index (κ3) is 9.00. The van der Waals surface area contributed by atoms with Crippen molar-refractivity contribution in [1.82, 2.24) is 20.9 Å². The molecule has 0 aliphatic carbocycles. The highest BCUT2D eigenvalue weighted by Gasteiger charge is 2.19. The number of amides is 2. The molecular formula is C17H34N5O2+. The summed E-state index contributed by atoms with van der Waals surface area (Å²) in [5, 5.41) is 9.15. The lowest BCUT2D eigenvalue weighted by Gasteiger charge is -2.30. The van der Waals surface area contributed by atoms with E-state index < -0.39 is 0 Å². The normalized spacial score (nSPS) is 15.8. The molecule has 1 rings (SSSR count). The first-order chi connectivity index (χ1) is 11.3. The van der Waals surface area contributed by atoms with Crippen LogP contribution in [0.3, 0.4) is 0 Å². The molecule has 0 spiro atoms. The van der Waals surface area contributed by atoms with E-state index in [2.05, 4.69) is 27.4 Å². The predicted octanol–water partition coefficient (Wildman–Crippen LogP) is -0.833. The van der Waals surface area contributed by atoms with E-state index >= 15 is 0 Å². The Hall–Kier alpha value is -1.44. The van der Waals surface area contributed by atoms with Crippen molar-refractivity contribution in [3.63, 3.8) is 0 Å². The number of nitrogens with zero attached hydrogens (tertiary/aromatic N) is 2. The van der Waals surface area contributed by atoms with E-state index in [0.717, 1.165) is 45.7 Å². The molecule has 0 aromatic carbocycles. The standard InChI is InChI=1S/C17H33N5O2/c1-15(2)17(24)20-6-5-13-22(3,4)14-16(23)19-9-12-21-10-7-18-8-11-21/h18H,1,5-14H2,2-4H3,(H-,19,20,23,24)/p+1. The highest BCUT2D eigenvalue weighted by molar-refractivity contribution is 5.91. The Kier molecular flexibility index (Phi) is 8.95. The van der Waals surface area contributed by atoms with Crippen LogP contribution in [0.1, 0.15) is 13.3 Å². The van der Waals surface area contributed by atoms with Gasteiger partial charge < -0.3 is 20.4 Å². The van der Waals surface area contributed by atoms with E-state index in [1.807, 2.05) is 14.1 Å². The van der Waals surface area contributed by atoms with E-state index in [4.69, 9.17) is 0 Å². The molecular weight excluding hydrogens is 306 g/mol. The van der Waals surface area contributed by atoms with Gasteiger partial charge in [0.15, 0.2) is 6.54 Å². The number of likely N-dealkylation sites (N-methyl/N-ethyl adjacent to an activating group) is 1. The lowest BCUT2D eigenvalue weighted by atomic mass is 10.3. The van der Waals surface area contributed by atoms with Crippen LogP contribution < -0.4 is 16.0 Å². The molecule has 0 aromatic rings. The smallest absolute Gasteiger partial charge is 0.275 e. The van der Waals surface area contributed by atoms with Crippen LogP contribution in [0.5, 0.6) is 0 Å². The maximum atomic E-state index is 12.1. The summed E-state index contributed by atoms with van der Waals surface area (Å²) < 4.78 is 0.614. The van der Waals surface area contributed by atoms with Gasteiger partial charge >= 0.3 is 0 Å². The van der Waals surface area contributed by atoms with Crippen molar-refractivity contribution < 1.29 is 14.1 Å². The average Bonchev–Trinajstić information content (AvgIpc) is 2.51. The minimum atomic E-state index is -0.106. The first-order valence-electron chi connectivity index (χ1n) is 8.76. The fraction of sp³-hybridized carbons (Fsp3) is 0.765. The molecule has 0 aromatic heterocycles. The van der Waals surface area contributed by atoms with Gasteiger partial charge in [-0.25, -0.2) is 0 Å². The molecule has 1 fully saturated rings. The Balaban J connectivity index is 2.14. The van der Waals surface area contributed by atoms with Gasteiger partial charge in [-0.2, -0.15) is 0 Å². The number of carbonyl (C=O) groups is 2. The van der Waals surface area contributed by atoms with Gasteiger partial charge in [0, 0.05) is 57.8 Å². The number of quaternary nitrogens is 1. The number of hydrogen-bond donors (Lipinski definition) is 3. The van der Waals surface area contributed by atoms with Crippen LogP contribution in [-0.4, -0.2) is 94.2 Å². The molecule has 0 unspecified atom stereocenters. The summed E-state index contributed by atoms with van der Waals surface area (Å²) in [6.07, 6.45) is 0.833. The second kappa shape index (κ2) is 10.4. The SMILES string of the molecule is C=C(C)C(=O)NCCC[N+](C)(C)CC(=O)NCCN1CCNCC1. The monoisotopic (exact) mass is 340 g/mol. The van der Waals surface area contributed by atoms with Crippen molar-refractivity contribution in [3.8, 4) is 0 Å². The molecule has 1 heterocycles. The van der Waals surface area contributed by atoms with Crippen molar-refractivity contribution in [1.29, 1.82) is 0 Å². The zero-order chi connectivity index (χ0) is 18.0. The third-order valence-electron chi connectivity index (χ3n) is 4.14. The summed E-state index contributed by atoms with van der Waals surface area (Å²) in [5.74, 6) is -0.0212. The fourth-order valence-electron chi connectivity index (χ4n) is 2.67. The molecule has 0 saturated carbocycles. The van der Waals surface area contributed by atoms with E-state index in [-0.39, 0.29) is 11.8 Å². The Bertz CT molecular complexity index is 431. The summed E-state index contributed by atoms with van der Waals surface area (Å²) in [6.45, 7) is 13.0. The Morgan fingerprint density at radius 1 is 1.17 bits per heavy atom. The Morgan fingerprint density at radius 3 is 2.46 bits per heavy atom. The summed E-state index contributed by atoms with van der Waals surface area (Å²) >= 11 is 0. The number of carbonyl (C=O) groups excluding carboxylic acids is 2. The molecule has 138 valence electrons. The minimum Gasteiger partial charge on any atom is -0.352 e. The molecule has 2 amide bonds. The second-order valence-corrected chi connectivity index (χ2v) is 7.15. The van der Waals surface area contributed by atoms with E-state index in [0.29, 0.717) is 29.7 Å². The highest BCUT2D eigenvalue weighted by Crippen LogP contribution is 1.99. The summed E-state index contributed by atoms with van der Waals surface area (Å²) in [5.41, 5.74) is 0.521. The van der Waals surface area contributed by atoms with Crippen molar-refractivity contribution in [2.45, 2.75) is 13.3 Å². The molecule has 0 bridgehead atoms. The van der Waals surface area contributed by atoms with Gasteiger partial charge in [-0.15, -0.1) is 0 Å². The summed E-state index contributed by atoms with van der Waals surface area (Å²) in [6, 6.07) is 0. The van der Waals surface area contributed by atoms with Gasteiger partial charge in [0.25, 0.3) is 5.91 Å². The molecule has 1 aliphatic rings. The number of piperazine rings is 1. The van der Waals surface area contributed by atoms with Crippen molar-refractivity contribution in [2.24, 2.45) is 0 Å². The zero-order valence-corrected chi connectivity index (χ0v) is 15.5. The van der Waals surface area contributed by atoms with Gasteiger partial charge in [0.05, 0.1) is 20.6 Å². The van der Waals surface area contributed by atoms with Crippen LogP contribution in [0.2, 0.25) is 0 Å². The Labute approximate surface area is 146 Å². The number of nitrogens with one attached hydrogen (secondary N) is 3. The third-order valence-corrected chi connectivity index (χ3v) is 4.14. The molecule has 7 nitrogen and oxygen atoms in total. The molecule has 0 radical (unpaired) electrons. The molecule has 24 heavy (non-hydrogen) atoms. The van der Waals surface area contributed by atoms with E-state index in [1.165, 1.54) is 0 Å². The Morgan fingerprint density at radius 2 is 1.83 bits per heavy atom. The molecule has 3 N–H and O–H groups in total. The van der Waals surface area contributed by atoms with Gasteiger partial charge in [-0.1, -0.05) is 6.58 Å². The number of hydrogen-bond acceptors (Lipinski definition) is 4. The molecule has 1 aliphatic heterocycles. The average molecular weight is 340 g/mol. The van der Waals surface area contributed by atoms with Gasteiger partial charge in [-0.05, 0) is 6.92 Å². The van der Waals surface area contributed by atoms with Gasteiger partial charge in [-0.3, -0.25) is 14.5 Å². The number of rotatable bonds is 10. The van der Waals surface area contributed by atoms with Crippen molar-refractivity contribution >= 4 is 11.8 Å². The lowest BCUT2D eigenvalue weighted by Crippen LogP contribution is -2.50. The highest BCUT2D eigenvalue weighted by atomic mass is 16.2. The van der Waals surface area contributed by atoms with Gasteiger partial charge in [0.1, 0.15) is 0 Å². The lowest BCUT2D eigenvalue weighted by molar-refractivity contribution is -0.882. The fourth-order valence-corrected chi connectivity index (χ4v) is 2.67. The summed E-state index contributed by atoms with van der Waals surface area (Å²) in [4.78, 5) is 25.9. The molecule has 7 heteroatoms. The summed E-state index contributed by atoms with van der Waals surface area (Å²) in [7, 11) is 4.08. The van der Waals surface area contributed by atoms with Crippen LogP contribution in [0.25, 0.3) is 0 Å². The van der Waals surface area contributed by atoms with Crippen LogP contribution >= 0.6 is 0 Å². The van der Waals surface area contributed by atoms with E-state index in [1.54, 1.807) is 6.92 Å². The predicted molar refractivity (Wildman–Crippen MR) is 96.6 cm³/mol. The maximum absolute atomic E-state index is 12.1. The zero-order valence-electron chi connectivity index (χ0n) is 15.5. The van der Waals surface area contributed by atoms with E-state index in [9.17, 15) is 9.59 Å². The molecule has 0 atom stereocenters. The molecule has 1 saturated heterocycles. The van der Waals surface area contributed by atoms with Crippen LogP contribution in [0.4, 0.5) is 0 Å².